The van der Waals surface area contributed by atoms with Gasteiger partial charge in [-0.15, -0.1) is 0 Å². The van der Waals surface area contributed by atoms with E-state index in [2.05, 4.69) is 24.0 Å². The predicted octanol–water partition coefficient (Wildman–Crippen LogP) is 1.62. The molecule has 0 saturated carbocycles. The third-order valence-corrected chi connectivity index (χ3v) is 3.40. The second-order valence-corrected chi connectivity index (χ2v) is 5.13. The maximum absolute atomic E-state index is 6.41. The molecular formula is C12H21N3O2. The van der Waals surface area contributed by atoms with Crippen LogP contribution in [-0.4, -0.2) is 22.9 Å². The Morgan fingerprint density at radius 2 is 2.29 bits per heavy atom. The highest BCUT2D eigenvalue weighted by Crippen LogP contribution is 2.33. The summed E-state index contributed by atoms with van der Waals surface area (Å²) in [6.07, 6.45) is 2.43. The molecule has 2 heterocycles. The summed E-state index contributed by atoms with van der Waals surface area (Å²) in [5.41, 5.74) is 5.92. The van der Waals surface area contributed by atoms with Gasteiger partial charge in [0, 0.05) is 13.0 Å². The van der Waals surface area contributed by atoms with Crippen molar-refractivity contribution < 1.29 is 9.26 Å². The first-order valence-corrected chi connectivity index (χ1v) is 6.28. The average molecular weight is 239 g/mol. The smallest absolute Gasteiger partial charge is 0.226 e. The van der Waals surface area contributed by atoms with Crippen molar-refractivity contribution in [3.8, 4) is 0 Å². The summed E-state index contributed by atoms with van der Waals surface area (Å²) in [6, 6.07) is 0. The zero-order valence-corrected chi connectivity index (χ0v) is 10.8. The molecule has 0 aliphatic carbocycles. The van der Waals surface area contributed by atoms with Crippen LogP contribution in [0.25, 0.3) is 0 Å². The Kier molecular flexibility index (Phi) is 3.49. The minimum atomic E-state index is -0.496. The van der Waals surface area contributed by atoms with E-state index >= 15 is 0 Å². The zero-order valence-electron chi connectivity index (χ0n) is 10.8. The highest BCUT2D eigenvalue weighted by molar-refractivity contribution is 5.06. The summed E-state index contributed by atoms with van der Waals surface area (Å²) in [7, 11) is 0. The van der Waals surface area contributed by atoms with Crippen molar-refractivity contribution in [3.05, 3.63) is 11.7 Å². The summed E-state index contributed by atoms with van der Waals surface area (Å²) in [4.78, 5) is 4.36. The predicted molar refractivity (Wildman–Crippen MR) is 63.4 cm³/mol. The molecule has 1 aromatic heterocycles. The standard InChI is InChI=1S/C12H21N3O2/c1-4-10-14-11(15-17-10)12(13)5-6-16-9(7-12)8(2)3/h8-9H,4-7,13H2,1-3H3. The molecule has 2 N–H and O–H groups in total. The van der Waals surface area contributed by atoms with Crippen molar-refractivity contribution in [3.63, 3.8) is 0 Å². The number of rotatable bonds is 3. The van der Waals surface area contributed by atoms with E-state index in [4.69, 9.17) is 15.0 Å². The van der Waals surface area contributed by atoms with Crippen molar-refractivity contribution in [2.75, 3.05) is 6.61 Å². The summed E-state index contributed by atoms with van der Waals surface area (Å²) >= 11 is 0. The summed E-state index contributed by atoms with van der Waals surface area (Å²) in [6.45, 7) is 6.94. The highest BCUT2D eigenvalue weighted by Gasteiger charge is 2.39. The number of hydrogen-bond acceptors (Lipinski definition) is 5. The van der Waals surface area contributed by atoms with Crippen molar-refractivity contribution in [1.29, 1.82) is 0 Å². The molecule has 2 rings (SSSR count). The van der Waals surface area contributed by atoms with Gasteiger partial charge in [-0.25, -0.2) is 0 Å². The molecule has 1 saturated heterocycles. The van der Waals surface area contributed by atoms with E-state index in [-0.39, 0.29) is 6.10 Å². The molecule has 1 aliphatic heterocycles. The first kappa shape index (κ1) is 12.5. The van der Waals surface area contributed by atoms with E-state index in [9.17, 15) is 0 Å². The second kappa shape index (κ2) is 4.74. The molecule has 1 fully saturated rings. The Hall–Kier alpha value is -0.940. The number of aromatic nitrogens is 2. The molecule has 2 atom stereocenters. The van der Waals surface area contributed by atoms with E-state index < -0.39 is 5.54 Å². The Labute approximate surface area is 102 Å². The molecule has 1 aliphatic rings. The lowest BCUT2D eigenvalue weighted by Crippen LogP contribution is -2.47. The lowest BCUT2D eigenvalue weighted by atomic mass is 9.83. The third-order valence-electron chi connectivity index (χ3n) is 3.40. The number of aryl methyl sites for hydroxylation is 1. The van der Waals surface area contributed by atoms with Crippen LogP contribution < -0.4 is 5.73 Å². The summed E-state index contributed by atoms with van der Waals surface area (Å²) < 4.78 is 10.9. The molecular weight excluding hydrogens is 218 g/mol. The van der Waals surface area contributed by atoms with Crippen LogP contribution >= 0.6 is 0 Å². The normalized spacial score (nSPS) is 29.8. The van der Waals surface area contributed by atoms with Crippen molar-refractivity contribution in [2.24, 2.45) is 11.7 Å². The van der Waals surface area contributed by atoms with Crippen molar-refractivity contribution >= 4 is 0 Å². The van der Waals surface area contributed by atoms with Crippen LogP contribution in [0.15, 0.2) is 4.52 Å². The van der Waals surface area contributed by atoms with Gasteiger partial charge >= 0.3 is 0 Å². The first-order valence-electron chi connectivity index (χ1n) is 6.28. The summed E-state index contributed by atoms with van der Waals surface area (Å²) in [5.74, 6) is 1.73. The van der Waals surface area contributed by atoms with Crippen LogP contribution in [0.1, 0.15) is 45.3 Å². The SMILES string of the molecule is CCc1nc(C2(N)CCOC(C(C)C)C2)no1. The second-order valence-electron chi connectivity index (χ2n) is 5.13. The number of nitrogens with two attached hydrogens (primary N) is 1. The Bertz CT molecular complexity index is 378. The van der Waals surface area contributed by atoms with Gasteiger partial charge in [0.2, 0.25) is 5.89 Å². The monoisotopic (exact) mass is 239 g/mol. The first-order chi connectivity index (χ1) is 8.05. The maximum atomic E-state index is 6.41. The minimum Gasteiger partial charge on any atom is -0.378 e. The van der Waals surface area contributed by atoms with E-state index in [1.54, 1.807) is 0 Å². The minimum absolute atomic E-state index is 0.178. The Morgan fingerprint density at radius 3 is 2.88 bits per heavy atom. The quantitative estimate of drug-likeness (QED) is 0.867. The van der Waals surface area contributed by atoms with Gasteiger partial charge in [-0.1, -0.05) is 25.9 Å². The van der Waals surface area contributed by atoms with Crippen LogP contribution in [0.4, 0.5) is 0 Å². The number of ether oxygens (including phenoxy) is 1. The fourth-order valence-corrected chi connectivity index (χ4v) is 2.14. The molecule has 0 spiro atoms. The van der Waals surface area contributed by atoms with E-state index in [0.29, 0.717) is 24.2 Å². The Balaban J connectivity index is 2.17. The van der Waals surface area contributed by atoms with E-state index in [1.807, 2.05) is 6.92 Å². The van der Waals surface area contributed by atoms with Gasteiger partial charge in [-0.2, -0.15) is 4.98 Å². The van der Waals surface area contributed by atoms with E-state index in [1.165, 1.54) is 0 Å². The number of nitrogens with zero attached hydrogens (tertiary/aromatic N) is 2. The fourth-order valence-electron chi connectivity index (χ4n) is 2.14. The van der Waals surface area contributed by atoms with Crippen LogP contribution in [0.5, 0.6) is 0 Å². The number of hydrogen-bond donors (Lipinski definition) is 1. The van der Waals surface area contributed by atoms with Gasteiger partial charge in [0.1, 0.15) is 0 Å². The molecule has 0 radical (unpaired) electrons. The fraction of sp³-hybridized carbons (Fsp3) is 0.833. The molecule has 17 heavy (non-hydrogen) atoms. The van der Waals surface area contributed by atoms with E-state index in [0.717, 1.165) is 19.3 Å². The molecule has 0 bridgehead atoms. The third kappa shape index (κ3) is 2.50. The largest absolute Gasteiger partial charge is 0.378 e. The zero-order chi connectivity index (χ0) is 12.5. The summed E-state index contributed by atoms with van der Waals surface area (Å²) in [5, 5.41) is 4.01. The molecule has 5 heteroatoms. The highest BCUT2D eigenvalue weighted by atomic mass is 16.5. The average Bonchev–Trinajstić information content (AvgIpc) is 2.78. The topological polar surface area (TPSA) is 74.2 Å². The molecule has 2 unspecified atom stereocenters. The molecule has 1 aromatic rings. The van der Waals surface area contributed by atoms with Gasteiger partial charge in [0.15, 0.2) is 5.82 Å². The van der Waals surface area contributed by atoms with Gasteiger partial charge < -0.3 is 15.0 Å². The molecule has 0 amide bonds. The van der Waals surface area contributed by atoms with Crippen LogP contribution in [0.2, 0.25) is 0 Å². The van der Waals surface area contributed by atoms with Crippen LogP contribution in [0.3, 0.4) is 0 Å². The maximum Gasteiger partial charge on any atom is 0.226 e. The van der Waals surface area contributed by atoms with Crippen LogP contribution in [-0.2, 0) is 16.7 Å². The van der Waals surface area contributed by atoms with Gasteiger partial charge in [0.25, 0.3) is 0 Å². The molecule has 96 valence electrons. The molecule has 5 nitrogen and oxygen atoms in total. The lowest BCUT2D eigenvalue weighted by Gasteiger charge is -2.37. The van der Waals surface area contributed by atoms with Gasteiger partial charge in [-0.05, 0) is 18.8 Å². The molecule has 0 aromatic carbocycles. The lowest BCUT2D eigenvalue weighted by molar-refractivity contribution is -0.0460. The van der Waals surface area contributed by atoms with Gasteiger partial charge in [-0.3, -0.25) is 0 Å². The van der Waals surface area contributed by atoms with Crippen molar-refractivity contribution in [1.82, 2.24) is 10.1 Å². The van der Waals surface area contributed by atoms with Crippen molar-refractivity contribution in [2.45, 2.75) is 51.7 Å². The van der Waals surface area contributed by atoms with Gasteiger partial charge in [0.05, 0.1) is 11.6 Å². The van der Waals surface area contributed by atoms with Crippen LogP contribution in [0, 0.1) is 5.92 Å². The Morgan fingerprint density at radius 1 is 1.53 bits per heavy atom.